The van der Waals surface area contributed by atoms with Crippen molar-refractivity contribution in [1.82, 2.24) is 25.3 Å². The fourth-order valence-electron chi connectivity index (χ4n) is 3.22. The van der Waals surface area contributed by atoms with Crippen LogP contribution in [0.5, 0.6) is 0 Å². The van der Waals surface area contributed by atoms with E-state index in [0.29, 0.717) is 23.2 Å². The highest BCUT2D eigenvalue weighted by Gasteiger charge is 2.22. The number of hydrogen-bond acceptors (Lipinski definition) is 6. The first-order chi connectivity index (χ1) is 12.7. The van der Waals surface area contributed by atoms with Crippen LogP contribution in [-0.4, -0.2) is 39.0 Å². The van der Waals surface area contributed by atoms with Crippen molar-refractivity contribution < 1.29 is 9.21 Å². The fourth-order valence-corrected chi connectivity index (χ4v) is 3.22. The normalized spacial score (nSPS) is 15.1. The van der Waals surface area contributed by atoms with Gasteiger partial charge in [-0.2, -0.15) is 0 Å². The van der Waals surface area contributed by atoms with Crippen LogP contribution < -0.4 is 10.6 Å². The molecule has 1 aliphatic rings. The Hall–Kier alpha value is -3.00. The number of anilines is 1. The lowest BCUT2D eigenvalue weighted by molar-refractivity contribution is 0.102. The van der Waals surface area contributed by atoms with Crippen molar-refractivity contribution in [2.24, 2.45) is 0 Å². The molecule has 1 aliphatic heterocycles. The zero-order valence-corrected chi connectivity index (χ0v) is 14.5. The standard InChI is InChI=1S/C18H20N6O2/c1-12-17(22-23-24(12)15-6-8-19-9-7-15)18(25)21-14-4-2-13(3-5-14)16-10-20-11-26-16/h2-5,10-11,15,19H,6-9H2,1H3,(H,21,25). The molecule has 3 heterocycles. The van der Waals surface area contributed by atoms with Crippen LogP contribution in [0.2, 0.25) is 0 Å². The third-order valence-electron chi connectivity index (χ3n) is 4.66. The average molecular weight is 352 g/mol. The molecule has 3 aromatic rings. The summed E-state index contributed by atoms with van der Waals surface area (Å²) in [7, 11) is 0. The van der Waals surface area contributed by atoms with Gasteiger partial charge >= 0.3 is 0 Å². The predicted molar refractivity (Wildman–Crippen MR) is 95.8 cm³/mol. The van der Waals surface area contributed by atoms with E-state index in [0.717, 1.165) is 37.2 Å². The summed E-state index contributed by atoms with van der Waals surface area (Å²) in [4.78, 5) is 16.5. The summed E-state index contributed by atoms with van der Waals surface area (Å²) in [6.07, 6.45) is 5.03. The van der Waals surface area contributed by atoms with Crippen molar-refractivity contribution in [2.75, 3.05) is 18.4 Å². The van der Waals surface area contributed by atoms with Gasteiger partial charge in [0, 0.05) is 11.3 Å². The average Bonchev–Trinajstić information content (AvgIpc) is 3.33. The Morgan fingerprint density at radius 1 is 1.27 bits per heavy atom. The monoisotopic (exact) mass is 352 g/mol. The molecule has 0 bridgehead atoms. The summed E-state index contributed by atoms with van der Waals surface area (Å²) in [6.45, 7) is 3.82. The molecule has 0 spiro atoms. The maximum atomic E-state index is 12.6. The van der Waals surface area contributed by atoms with E-state index >= 15 is 0 Å². The van der Waals surface area contributed by atoms with Crippen molar-refractivity contribution in [1.29, 1.82) is 0 Å². The van der Waals surface area contributed by atoms with E-state index in [1.54, 1.807) is 6.20 Å². The molecule has 4 rings (SSSR count). The summed E-state index contributed by atoms with van der Waals surface area (Å²) >= 11 is 0. The minimum absolute atomic E-state index is 0.255. The van der Waals surface area contributed by atoms with E-state index in [1.807, 2.05) is 35.9 Å². The van der Waals surface area contributed by atoms with Gasteiger partial charge in [0.05, 0.1) is 17.9 Å². The SMILES string of the molecule is Cc1c(C(=O)Nc2ccc(-c3cnco3)cc2)nnn1C1CCNCC1. The van der Waals surface area contributed by atoms with Crippen molar-refractivity contribution >= 4 is 11.6 Å². The summed E-state index contributed by atoms with van der Waals surface area (Å²) in [5, 5.41) is 14.5. The van der Waals surface area contributed by atoms with E-state index in [9.17, 15) is 4.79 Å². The van der Waals surface area contributed by atoms with E-state index in [1.165, 1.54) is 6.39 Å². The number of nitrogens with one attached hydrogen (secondary N) is 2. The maximum absolute atomic E-state index is 12.6. The van der Waals surface area contributed by atoms with Crippen LogP contribution in [0.3, 0.4) is 0 Å². The molecule has 0 unspecified atom stereocenters. The number of amides is 1. The van der Waals surface area contributed by atoms with E-state index in [4.69, 9.17) is 4.42 Å². The first kappa shape index (κ1) is 16.5. The highest BCUT2D eigenvalue weighted by Crippen LogP contribution is 2.22. The predicted octanol–water partition coefficient (Wildman–Crippen LogP) is 2.42. The largest absolute Gasteiger partial charge is 0.444 e. The molecule has 0 radical (unpaired) electrons. The molecule has 8 nitrogen and oxygen atoms in total. The van der Waals surface area contributed by atoms with E-state index in [-0.39, 0.29) is 5.91 Å². The topological polar surface area (TPSA) is 97.9 Å². The van der Waals surface area contributed by atoms with Crippen LogP contribution in [0, 0.1) is 6.92 Å². The van der Waals surface area contributed by atoms with Crippen LogP contribution in [0.1, 0.15) is 35.1 Å². The minimum atomic E-state index is -0.255. The smallest absolute Gasteiger partial charge is 0.278 e. The Bertz CT molecular complexity index is 879. The summed E-state index contributed by atoms with van der Waals surface area (Å²) in [5.41, 5.74) is 2.75. The highest BCUT2D eigenvalue weighted by atomic mass is 16.3. The van der Waals surface area contributed by atoms with Gasteiger partial charge in [0.1, 0.15) is 0 Å². The number of nitrogens with zero attached hydrogens (tertiary/aromatic N) is 4. The quantitative estimate of drug-likeness (QED) is 0.748. The molecule has 0 saturated carbocycles. The number of benzene rings is 1. The number of hydrogen-bond donors (Lipinski definition) is 2. The molecule has 0 aliphatic carbocycles. The molecule has 8 heteroatoms. The van der Waals surface area contributed by atoms with Gasteiger partial charge in [0.25, 0.3) is 5.91 Å². The maximum Gasteiger partial charge on any atom is 0.278 e. The third-order valence-corrected chi connectivity index (χ3v) is 4.66. The van der Waals surface area contributed by atoms with Gasteiger partial charge in [0.2, 0.25) is 0 Å². The molecular formula is C18H20N6O2. The Balaban J connectivity index is 1.47. The second-order valence-corrected chi connectivity index (χ2v) is 6.35. The molecule has 1 fully saturated rings. The number of rotatable bonds is 4. The number of oxazole rings is 1. The lowest BCUT2D eigenvalue weighted by atomic mass is 10.1. The second kappa shape index (κ2) is 7.09. The van der Waals surface area contributed by atoms with Crippen molar-refractivity contribution in [3.05, 3.63) is 48.2 Å². The van der Waals surface area contributed by atoms with Crippen molar-refractivity contribution in [3.8, 4) is 11.3 Å². The minimum Gasteiger partial charge on any atom is -0.444 e. The van der Waals surface area contributed by atoms with Crippen LogP contribution in [0.4, 0.5) is 5.69 Å². The number of piperidine rings is 1. The van der Waals surface area contributed by atoms with Gasteiger partial charge in [-0.3, -0.25) is 4.79 Å². The molecule has 2 aromatic heterocycles. The van der Waals surface area contributed by atoms with E-state index < -0.39 is 0 Å². The third kappa shape index (κ3) is 3.23. The summed E-state index contributed by atoms with van der Waals surface area (Å²) in [6, 6.07) is 7.68. The molecular weight excluding hydrogens is 332 g/mol. The lowest BCUT2D eigenvalue weighted by Gasteiger charge is -2.23. The molecule has 1 amide bonds. The van der Waals surface area contributed by atoms with Gasteiger partial charge in [-0.1, -0.05) is 5.21 Å². The number of aromatic nitrogens is 4. The lowest BCUT2D eigenvalue weighted by Crippen LogP contribution is -2.30. The van der Waals surface area contributed by atoms with Crippen molar-refractivity contribution in [2.45, 2.75) is 25.8 Å². The first-order valence-corrected chi connectivity index (χ1v) is 8.65. The Kier molecular flexibility index (Phi) is 4.49. The molecule has 2 N–H and O–H groups in total. The first-order valence-electron chi connectivity index (χ1n) is 8.65. The molecule has 134 valence electrons. The van der Waals surface area contributed by atoms with Gasteiger partial charge in [-0.15, -0.1) is 5.10 Å². The number of carbonyl (C=O) groups is 1. The zero-order valence-electron chi connectivity index (χ0n) is 14.5. The van der Waals surface area contributed by atoms with Crippen molar-refractivity contribution in [3.63, 3.8) is 0 Å². The highest BCUT2D eigenvalue weighted by molar-refractivity contribution is 6.03. The van der Waals surface area contributed by atoms with Gasteiger partial charge < -0.3 is 15.1 Å². The van der Waals surface area contributed by atoms with Crippen LogP contribution in [-0.2, 0) is 0 Å². The van der Waals surface area contributed by atoms with Gasteiger partial charge in [0.15, 0.2) is 17.8 Å². The summed E-state index contributed by atoms with van der Waals surface area (Å²) in [5.74, 6) is 0.429. The summed E-state index contributed by atoms with van der Waals surface area (Å²) < 4.78 is 7.14. The fraction of sp³-hybridized carbons (Fsp3) is 0.333. The molecule has 1 aromatic carbocycles. The molecule has 26 heavy (non-hydrogen) atoms. The number of carbonyl (C=O) groups excluding carboxylic acids is 1. The van der Waals surface area contributed by atoms with Crippen LogP contribution in [0.25, 0.3) is 11.3 Å². The Morgan fingerprint density at radius 3 is 2.73 bits per heavy atom. The molecule has 0 atom stereocenters. The Labute approximate surface area is 150 Å². The van der Waals surface area contributed by atoms with Crippen LogP contribution in [0.15, 0.2) is 41.3 Å². The molecule has 1 saturated heterocycles. The van der Waals surface area contributed by atoms with Gasteiger partial charge in [-0.25, -0.2) is 9.67 Å². The Morgan fingerprint density at radius 2 is 2.04 bits per heavy atom. The second-order valence-electron chi connectivity index (χ2n) is 6.35. The zero-order chi connectivity index (χ0) is 17.9. The van der Waals surface area contributed by atoms with Crippen LogP contribution >= 0.6 is 0 Å². The van der Waals surface area contributed by atoms with E-state index in [2.05, 4.69) is 25.9 Å². The van der Waals surface area contributed by atoms with Gasteiger partial charge in [-0.05, 0) is 57.1 Å².